The maximum atomic E-state index is 13.3. The summed E-state index contributed by atoms with van der Waals surface area (Å²) in [6, 6.07) is 13.4. The summed E-state index contributed by atoms with van der Waals surface area (Å²) < 4.78 is 0. The third kappa shape index (κ3) is 5.49. The van der Waals surface area contributed by atoms with Crippen molar-refractivity contribution in [1.29, 1.82) is 0 Å². The van der Waals surface area contributed by atoms with Gasteiger partial charge in [-0.15, -0.1) is 0 Å². The molecule has 2 aromatic carbocycles. The highest BCUT2D eigenvalue weighted by Gasteiger charge is 2.28. The smallest absolute Gasteiger partial charge is 0.139 e. The van der Waals surface area contributed by atoms with Crippen LogP contribution in [0.25, 0.3) is 0 Å². The number of halogens is 3. The Labute approximate surface area is 170 Å². The highest BCUT2D eigenvalue weighted by Crippen LogP contribution is 2.30. The molecule has 1 nitrogen and oxygen atoms in total. The van der Waals surface area contributed by atoms with E-state index in [0.29, 0.717) is 22.2 Å². The number of hydrogen-bond donors (Lipinski definition) is 0. The van der Waals surface area contributed by atoms with Crippen LogP contribution < -0.4 is 0 Å². The number of carbonyl (C=O) groups is 1. The Hall–Kier alpha value is -1.02. The van der Waals surface area contributed by atoms with E-state index in [-0.39, 0.29) is 11.8 Å². The minimum Gasteiger partial charge on any atom is -0.299 e. The van der Waals surface area contributed by atoms with Crippen molar-refractivity contribution in [2.75, 3.05) is 0 Å². The number of ketones is 1. The number of Topliss-reactive ketones (excluding diaryl/α,β-unsaturated/α-hetero) is 1. The summed E-state index contributed by atoms with van der Waals surface area (Å²) in [5.41, 5.74) is 2.18. The van der Waals surface area contributed by atoms with E-state index >= 15 is 0 Å². The lowest BCUT2D eigenvalue weighted by atomic mass is 9.78. The Morgan fingerprint density at radius 3 is 1.92 bits per heavy atom. The first-order valence-corrected chi connectivity index (χ1v) is 10.4. The molecule has 3 rings (SSSR count). The molecule has 1 aliphatic rings. The summed E-state index contributed by atoms with van der Waals surface area (Å²) in [5.74, 6) is 0.475. The third-order valence-corrected chi connectivity index (χ3v) is 5.86. The van der Waals surface area contributed by atoms with E-state index in [1.807, 2.05) is 30.3 Å². The second kappa shape index (κ2) is 9.26. The van der Waals surface area contributed by atoms with Crippen LogP contribution in [0.2, 0.25) is 15.1 Å². The molecule has 0 amide bonds. The van der Waals surface area contributed by atoms with Gasteiger partial charge in [0, 0.05) is 26.9 Å². The quantitative estimate of drug-likeness (QED) is 0.522. The Morgan fingerprint density at radius 1 is 0.731 bits per heavy atom. The minimum absolute atomic E-state index is 0.0361. The van der Waals surface area contributed by atoms with E-state index in [4.69, 9.17) is 34.8 Å². The van der Waals surface area contributed by atoms with Gasteiger partial charge in [0.2, 0.25) is 0 Å². The lowest BCUT2D eigenvalue weighted by Crippen LogP contribution is -2.28. The Bertz CT molecular complexity index is 751. The first-order chi connectivity index (χ1) is 12.5. The van der Waals surface area contributed by atoms with Crippen LogP contribution >= 0.6 is 34.8 Å². The molecule has 26 heavy (non-hydrogen) atoms. The highest BCUT2D eigenvalue weighted by molar-refractivity contribution is 6.34. The van der Waals surface area contributed by atoms with E-state index < -0.39 is 0 Å². The van der Waals surface area contributed by atoms with Gasteiger partial charge in [-0.3, -0.25) is 4.79 Å². The Balaban J connectivity index is 1.76. The molecule has 0 aromatic heterocycles. The maximum absolute atomic E-state index is 13.3. The maximum Gasteiger partial charge on any atom is 0.139 e. The molecule has 0 radical (unpaired) electrons. The lowest BCUT2D eigenvalue weighted by molar-refractivity contribution is -0.127. The topological polar surface area (TPSA) is 17.1 Å². The van der Waals surface area contributed by atoms with Crippen LogP contribution in [-0.4, -0.2) is 5.78 Å². The highest BCUT2D eigenvalue weighted by atomic mass is 35.5. The van der Waals surface area contributed by atoms with Gasteiger partial charge in [-0.25, -0.2) is 0 Å². The summed E-state index contributed by atoms with van der Waals surface area (Å²) in [5, 5.41) is 1.98. The predicted octanol–water partition coefficient (Wildman–Crippen LogP) is 7.20. The van der Waals surface area contributed by atoms with Gasteiger partial charge in [-0.2, -0.15) is 0 Å². The predicted molar refractivity (Wildman–Crippen MR) is 110 cm³/mol. The van der Waals surface area contributed by atoms with Gasteiger partial charge in [0.1, 0.15) is 5.78 Å². The summed E-state index contributed by atoms with van der Waals surface area (Å²) in [7, 11) is 0. The van der Waals surface area contributed by atoms with Crippen molar-refractivity contribution in [2.45, 2.75) is 44.9 Å². The molecule has 1 saturated carbocycles. The van der Waals surface area contributed by atoms with Crippen molar-refractivity contribution in [3.05, 3.63) is 68.7 Å². The molecule has 1 fully saturated rings. The van der Waals surface area contributed by atoms with Crippen LogP contribution in [0.3, 0.4) is 0 Å². The second-order valence-corrected chi connectivity index (χ2v) is 8.56. The molecule has 0 N–H and O–H groups in total. The third-order valence-electron chi connectivity index (χ3n) is 5.19. The van der Waals surface area contributed by atoms with Gasteiger partial charge < -0.3 is 0 Å². The Kier molecular flexibility index (Phi) is 7.03. The first kappa shape index (κ1) is 19.7. The molecule has 138 valence electrons. The molecule has 0 bridgehead atoms. The number of carbonyl (C=O) groups excluding carboxylic acids is 1. The normalized spacial score (nSPS) is 21.3. The molecule has 1 aliphatic carbocycles. The molecule has 2 aromatic rings. The molecule has 0 heterocycles. The zero-order valence-electron chi connectivity index (χ0n) is 14.7. The second-order valence-electron chi connectivity index (χ2n) is 7.25. The average Bonchev–Trinajstić information content (AvgIpc) is 2.57. The van der Waals surface area contributed by atoms with E-state index in [1.54, 1.807) is 6.07 Å². The SMILES string of the molecule is O=C1C(Cc2cccc(Cl)c2)CCCCCC1Cc1cc(Cl)cc(Cl)c1. The number of rotatable bonds is 4. The van der Waals surface area contributed by atoms with Gasteiger partial charge in [0.25, 0.3) is 0 Å². The van der Waals surface area contributed by atoms with Crippen LogP contribution in [0.4, 0.5) is 0 Å². The summed E-state index contributed by atoms with van der Waals surface area (Å²) in [4.78, 5) is 13.3. The van der Waals surface area contributed by atoms with Crippen molar-refractivity contribution in [2.24, 2.45) is 11.8 Å². The molecular formula is C22H23Cl3O. The van der Waals surface area contributed by atoms with Crippen LogP contribution in [0.15, 0.2) is 42.5 Å². The van der Waals surface area contributed by atoms with Crippen molar-refractivity contribution >= 4 is 40.6 Å². The fourth-order valence-electron chi connectivity index (χ4n) is 3.94. The van der Waals surface area contributed by atoms with Crippen LogP contribution in [0.1, 0.15) is 43.2 Å². The zero-order chi connectivity index (χ0) is 18.5. The van der Waals surface area contributed by atoms with Crippen molar-refractivity contribution in [1.82, 2.24) is 0 Å². The summed E-state index contributed by atoms with van der Waals surface area (Å²) in [6.07, 6.45) is 6.79. The molecule has 2 atom stereocenters. The molecule has 0 aliphatic heterocycles. The van der Waals surface area contributed by atoms with Gasteiger partial charge >= 0.3 is 0 Å². The van der Waals surface area contributed by atoms with Crippen LogP contribution in [-0.2, 0) is 17.6 Å². The standard InChI is InChI=1S/C22H23Cl3O/c23-19-8-4-5-15(11-19)9-17-6-2-1-3-7-18(22(17)26)10-16-12-20(24)14-21(25)13-16/h4-5,8,11-14,17-18H,1-3,6-7,9-10H2. The fourth-order valence-corrected chi connectivity index (χ4v) is 4.73. The average molecular weight is 410 g/mol. The monoisotopic (exact) mass is 408 g/mol. The molecule has 0 saturated heterocycles. The van der Waals surface area contributed by atoms with Crippen molar-refractivity contribution in [3.8, 4) is 0 Å². The number of hydrogen-bond acceptors (Lipinski definition) is 1. The first-order valence-electron chi connectivity index (χ1n) is 9.24. The fraction of sp³-hybridized carbons (Fsp3) is 0.409. The molecule has 2 unspecified atom stereocenters. The van der Waals surface area contributed by atoms with Gasteiger partial charge in [-0.1, -0.05) is 66.2 Å². The van der Waals surface area contributed by atoms with E-state index in [9.17, 15) is 4.79 Å². The van der Waals surface area contributed by atoms with Crippen LogP contribution in [0.5, 0.6) is 0 Å². The van der Waals surface area contributed by atoms with Gasteiger partial charge in [0.05, 0.1) is 0 Å². The van der Waals surface area contributed by atoms with Crippen LogP contribution in [0, 0.1) is 11.8 Å². The Morgan fingerprint density at radius 2 is 1.31 bits per heavy atom. The molecule has 4 heteroatoms. The zero-order valence-corrected chi connectivity index (χ0v) is 17.0. The molecule has 0 spiro atoms. The van der Waals surface area contributed by atoms with Gasteiger partial charge in [0.15, 0.2) is 0 Å². The number of benzene rings is 2. The van der Waals surface area contributed by atoms with Crippen molar-refractivity contribution < 1.29 is 4.79 Å². The minimum atomic E-state index is 0.0361. The van der Waals surface area contributed by atoms with Crippen molar-refractivity contribution in [3.63, 3.8) is 0 Å². The van der Waals surface area contributed by atoms with E-state index in [2.05, 4.69) is 6.07 Å². The summed E-state index contributed by atoms with van der Waals surface area (Å²) >= 11 is 18.4. The van der Waals surface area contributed by atoms with E-state index in [0.717, 1.165) is 48.3 Å². The largest absolute Gasteiger partial charge is 0.299 e. The van der Waals surface area contributed by atoms with Gasteiger partial charge in [-0.05, 0) is 67.1 Å². The summed E-state index contributed by atoms with van der Waals surface area (Å²) in [6.45, 7) is 0. The van der Waals surface area contributed by atoms with E-state index in [1.165, 1.54) is 6.42 Å². The lowest BCUT2D eigenvalue weighted by Gasteiger charge is -2.25. The molecular weight excluding hydrogens is 387 g/mol.